The number of H-pyrrole nitrogens is 1. The molecule has 5 rings (SSSR count). The van der Waals surface area contributed by atoms with E-state index in [1.54, 1.807) is 4.68 Å². The minimum absolute atomic E-state index is 0.0117. The first-order valence-corrected chi connectivity index (χ1v) is 10.8. The molecule has 3 heterocycles. The fourth-order valence-corrected chi connectivity index (χ4v) is 4.28. The zero-order chi connectivity index (χ0) is 22.1. The standard InChI is InChI=1S/C24H24N6O2/c1-16-7-5-10-18(13-16)24(32)29-12-6-11-19(15-29)21-25-22-20(23(31)26-21)27-28-30(22)14-17-8-3-2-4-9-17/h2-5,7-10,13,19H,6,11-12,14-15H2,1H3,(H,25,26,31). The van der Waals surface area contributed by atoms with Crippen molar-refractivity contribution in [3.63, 3.8) is 0 Å². The summed E-state index contributed by atoms with van der Waals surface area (Å²) in [4.78, 5) is 35.2. The summed E-state index contributed by atoms with van der Waals surface area (Å²) >= 11 is 0. The molecule has 0 saturated carbocycles. The lowest BCUT2D eigenvalue weighted by Gasteiger charge is -2.32. The molecule has 1 unspecified atom stereocenters. The first-order valence-electron chi connectivity index (χ1n) is 10.8. The minimum Gasteiger partial charge on any atom is -0.338 e. The Kier molecular flexibility index (Phi) is 5.26. The van der Waals surface area contributed by atoms with Crippen molar-refractivity contribution in [2.45, 2.75) is 32.2 Å². The van der Waals surface area contributed by atoms with E-state index < -0.39 is 0 Å². The van der Waals surface area contributed by atoms with Crippen LogP contribution in [0.2, 0.25) is 0 Å². The first kappa shape index (κ1) is 20.1. The first-order chi connectivity index (χ1) is 15.6. The molecule has 1 atom stereocenters. The third-order valence-corrected chi connectivity index (χ3v) is 5.93. The van der Waals surface area contributed by atoms with Crippen LogP contribution < -0.4 is 5.56 Å². The maximum Gasteiger partial charge on any atom is 0.281 e. The average Bonchev–Trinajstić information content (AvgIpc) is 3.22. The Hall–Kier alpha value is -3.81. The van der Waals surface area contributed by atoms with Crippen LogP contribution in [-0.2, 0) is 6.54 Å². The number of amides is 1. The molecular weight excluding hydrogens is 404 g/mol. The van der Waals surface area contributed by atoms with E-state index in [1.807, 2.05) is 66.4 Å². The van der Waals surface area contributed by atoms with Gasteiger partial charge in [-0.2, -0.15) is 0 Å². The number of nitrogens with zero attached hydrogens (tertiary/aromatic N) is 5. The van der Waals surface area contributed by atoms with Gasteiger partial charge in [0.2, 0.25) is 0 Å². The van der Waals surface area contributed by atoms with Gasteiger partial charge >= 0.3 is 0 Å². The Morgan fingerprint density at radius 3 is 2.81 bits per heavy atom. The third-order valence-electron chi connectivity index (χ3n) is 5.93. The SMILES string of the molecule is Cc1cccc(C(=O)N2CCCC(c3nc4c(nnn4Cc4ccccc4)c(=O)[nH]3)C2)c1. The summed E-state index contributed by atoms with van der Waals surface area (Å²) in [5, 5.41) is 8.18. The number of aromatic amines is 1. The van der Waals surface area contributed by atoms with Crippen LogP contribution >= 0.6 is 0 Å². The van der Waals surface area contributed by atoms with Crippen molar-refractivity contribution >= 4 is 17.1 Å². The van der Waals surface area contributed by atoms with E-state index in [-0.39, 0.29) is 22.9 Å². The highest BCUT2D eigenvalue weighted by Crippen LogP contribution is 2.26. The van der Waals surface area contributed by atoms with Crippen LogP contribution in [0, 0.1) is 6.92 Å². The largest absolute Gasteiger partial charge is 0.338 e. The zero-order valence-corrected chi connectivity index (χ0v) is 17.9. The molecule has 1 aliphatic rings. The topological polar surface area (TPSA) is 96.8 Å². The zero-order valence-electron chi connectivity index (χ0n) is 17.9. The second kappa shape index (κ2) is 8.37. The van der Waals surface area contributed by atoms with Gasteiger partial charge in [0.05, 0.1) is 6.54 Å². The van der Waals surface area contributed by atoms with Crippen LogP contribution in [0.1, 0.15) is 46.1 Å². The number of fused-ring (bicyclic) bond motifs is 1. The summed E-state index contributed by atoms with van der Waals surface area (Å²) in [5.74, 6) is 0.549. The molecule has 1 aliphatic heterocycles. The van der Waals surface area contributed by atoms with Crippen LogP contribution in [0.5, 0.6) is 0 Å². The van der Waals surface area contributed by atoms with Gasteiger partial charge in [-0.05, 0) is 37.5 Å². The molecule has 0 bridgehead atoms. The lowest BCUT2D eigenvalue weighted by molar-refractivity contribution is 0.0704. The number of likely N-dealkylation sites (tertiary alicyclic amines) is 1. The minimum atomic E-state index is -0.300. The molecule has 1 fully saturated rings. The van der Waals surface area contributed by atoms with Gasteiger partial charge in [0.15, 0.2) is 11.2 Å². The molecule has 8 nitrogen and oxygen atoms in total. The molecule has 8 heteroatoms. The number of nitrogens with one attached hydrogen (secondary N) is 1. The van der Waals surface area contributed by atoms with Crippen molar-refractivity contribution < 1.29 is 4.79 Å². The maximum atomic E-state index is 13.0. The summed E-state index contributed by atoms with van der Waals surface area (Å²) in [6.45, 7) is 3.67. The number of hydrogen-bond acceptors (Lipinski definition) is 5. The Balaban J connectivity index is 1.43. The number of piperidine rings is 1. The van der Waals surface area contributed by atoms with Gasteiger partial charge in [-0.25, -0.2) is 9.67 Å². The summed E-state index contributed by atoms with van der Waals surface area (Å²) in [6.07, 6.45) is 1.71. The number of benzene rings is 2. The van der Waals surface area contributed by atoms with Crippen LogP contribution in [0.25, 0.3) is 11.2 Å². The molecule has 2 aromatic carbocycles. The Labute approximate surface area is 184 Å². The Bertz CT molecular complexity index is 1330. The number of rotatable bonds is 4. The fourth-order valence-electron chi connectivity index (χ4n) is 4.28. The van der Waals surface area contributed by atoms with Gasteiger partial charge in [0, 0.05) is 24.6 Å². The van der Waals surface area contributed by atoms with E-state index in [0.29, 0.717) is 36.7 Å². The number of aromatic nitrogens is 5. The van der Waals surface area contributed by atoms with E-state index in [1.165, 1.54) is 0 Å². The summed E-state index contributed by atoms with van der Waals surface area (Å²) in [6, 6.07) is 17.5. The second-order valence-electron chi connectivity index (χ2n) is 8.32. The van der Waals surface area contributed by atoms with Crippen molar-refractivity contribution in [1.29, 1.82) is 0 Å². The van der Waals surface area contributed by atoms with E-state index >= 15 is 0 Å². The third kappa shape index (κ3) is 3.91. The molecule has 0 radical (unpaired) electrons. The van der Waals surface area contributed by atoms with E-state index in [9.17, 15) is 9.59 Å². The Morgan fingerprint density at radius 1 is 1.16 bits per heavy atom. The number of hydrogen-bond donors (Lipinski definition) is 1. The molecule has 4 aromatic rings. The van der Waals surface area contributed by atoms with Crippen molar-refractivity contribution in [2.75, 3.05) is 13.1 Å². The van der Waals surface area contributed by atoms with Crippen LogP contribution in [0.3, 0.4) is 0 Å². The van der Waals surface area contributed by atoms with Crippen molar-refractivity contribution in [2.24, 2.45) is 0 Å². The molecule has 162 valence electrons. The fraction of sp³-hybridized carbons (Fsp3) is 0.292. The van der Waals surface area contributed by atoms with Crippen molar-refractivity contribution in [3.8, 4) is 0 Å². The molecule has 1 saturated heterocycles. The maximum absolute atomic E-state index is 13.0. The van der Waals surface area contributed by atoms with Gasteiger partial charge in [0.1, 0.15) is 5.82 Å². The van der Waals surface area contributed by atoms with Gasteiger partial charge in [-0.15, -0.1) is 5.10 Å². The normalized spacial score (nSPS) is 16.4. The lowest BCUT2D eigenvalue weighted by Crippen LogP contribution is -2.40. The number of aryl methyl sites for hydroxylation is 1. The second-order valence-corrected chi connectivity index (χ2v) is 8.32. The van der Waals surface area contributed by atoms with Crippen molar-refractivity contribution in [3.05, 3.63) is 87.5 Å². The summed E-state index contributed by atoms with van der Waals surface area (Å²) in [7, 11) is 0. The van der Waals surface area contributed by atoms with Gasteiger partial charge in [-0.1, -0.05) is 53.2 Å². The van der Waals surface area contributed by atoms with Gasteiger partial charge in [-0.3, -0.25) is 9.59 Å². The lowest BCUT2D eigenvalue weighted by atomic mass is 9.96. The van der Waals surface area contributed by atoms with Gasteiger partial charge < -0.3 is 9.88 Å². The molecule has 1 N–H and O–H groups in total. The predicted molar refractivity (Wildman–Crippen MR) is 121 cm³/mol. The van der Waals surface area contributed by atoms with E-state index in [2.05, 4.69) is 15.3 Å². The molecule has 0 spiro atoms. The van der Waals surface area contributed by atoms with E-state index in [0.717, 1.165) is 24.0 Å². The van der Waals surface area contributed by atoms with E-state index in [4.69, 9.17) is 4.98 Å². The molecule has 2 aromatic heterocycles. The molecule has 0 aliphatic carbocycles. The Morgan fingerprint density at radius 2 is 2.00 bits per heavy atom. The van der Waals surface area contributed by atoms with Crippen LogP contribution in [0.15, 0.2) is 59.4 Å². The number of carbonyl (C=O) groups is 1. The highest BCUT2D eigenvalue weighted by atomic mass is 16.2. The van der Waals surface area contributed by atoms with Crippen molar-refractivity contribution in [1.82, 2.24) is 29.9 Å². The molecular formula is C24H24N6O2. The summed E-state index contributed by atoms with van der Waals surface area (Å²) in [5.41, 5.74) is 3.19. The predicted octanol–water partition coefficient (Wildman–Crippen LogP) is 2.89. The number of carbonyl (C=O) groups excluding carboxylic acids is 1. The van der Waals surface area contributed by atoms with Gasteiger partial charge in [0.25, 0.3) is 11.5 Å². The highest BCUT2D eigenvalue weighted by molar-refractivity contribution is 5.94. The molecule has 32 heavy (non-hydrogen) atoms. The smallest absolute Gasteiger partial charge is 0.281 e. The van der Waals surface area contributed by atoms with Crippen LogP contribution in [0.4, 0.5) is 0 Å². The highest BCUT2D eigenvalue weighted by Gasteiger charge is 2.28. The monoisotopic (exact) mass is 428 g/mol. The molecule has 1 amide bonds. The summed E-state index contributed by atoms with van der Waals surface area (Å²) < 4.78 is 1.65. The quantitative estimate of drug-likeness (QED) is 0.539. The average molecular weight is 428 g/mol. The van der Waals surface area contributed by atoms with Crippen LogP contribution in [-0.4, -0.2) is 48.9 Å².